The predicted octanol–water partition coefficient (Wildman–Crippen LogP) is 1.80. The Labute approximate surface area is 96.7 Å². The van der Waals surface area contributed by atoms with E-state index in [0.717, 1.165) is 24.1 Å². The zero-order chi connectivity index (χ0) is 12.3. The maximum absolute atomic E-state index is 7.57. The predicted molar refractivity (Wildman–Crippen MR) is 62.5 cm³/mol. The van der Waals surface area contributed by atoms with Crippen molar-refractivity contribution in [3.8, 4) is 0 Å². The molecule has 1 aliphatic heterocycles. The Bertz CT molecular complexity index is 602. The van der Waals surface area contributed by atoms with Crippen LogP contribution in [0.5, 0.6) is 0 Å². The largest absolute Gasteiger partial charge is 0.316 e. The fourth-order valence-electron chi connectivity index (χ4n) is 3.08. The average Bonchev–Trinajstić information content (AvgIpc) is 2.61. The van der Waals surface area contributed by atoms with Crippen molar-refractivity contribution < 1.29 is 2.74 Å². The van der Waals surface area contributed by atoms with Crippen LogP contribution in [-0.2, 0) is 0 Å². The van der Waals surface area contributed by atoms with Gasteiger partial charge in [0.25, 0.3) is 0 Å². The van der Waals surface area contributed by atoms with Gasteiger partial charge in [-0.05, 0) is 41.5 Å². The summed E-state index contributed by atoms with van der Waals surface area (Å²) in [5.41, 5.74) is 4.23. The van der Waals surface area contributed by atoms with E-state index in [2.05, 4.69) is 27.4 Å². The molecule has 0 unspecified atom stereocenters. The molecule has 3 heteroatoms. The van der Waals surface area contributed by atoms with Gasteiger partial charge in [0.15, 0.2) is 0 Å². The monoisotopic (exact) mass is 213 g/mol. The van der Waals surface area contributed by atoms with E-state index in [4.69, 9.17) is 2.74 Å². The molecule has 1 N–H and O–H groups in total. The Morgan fingerprint density at radius 2 is 1.62 bits per heavy atom. The third kappa shape index (κ3) is 1.06. The summed E-state index contributed by atoms with van der Waals surface area (Å²) in [7, 11) is 0. The Balaban J connectivity index is 2.00. The summed E-state index contributed by atoms with van der Waals surface area (Å²) in [5, 5.41) is 3.46. The van der Waals surface area contributed by atoms with Crippen LogP contribution in [0.1, 0.15) is 32.1 Å². The van der Waals surface area contributed by atoms with E-state index < -0.39 is 0 Å². The summed E-state index contributed by atoms with van der Waals surface area (Å²) in [5.74, 6) is 1.16. The lowest BCUT2D eigenvalue weighted by atomic mass is 9.98. The Hall–Kier alpha value is -1.48. The quantitative estimate of drug-likeness (QED) is 0.725. The van der Waals surface area contributed by atoms with E-state index in [1.165, 1.54) is 17.5 Å². The van der Waals surface area contributed by atoms with E-state index in [1.807, 2.05) is 0 Å². The number of piperidine rings is 1. The minimum absolute atomic E-state index is 0.0402. The van der Waals surface area contributed by atoms with E-state index in [-0.39, 0.29) is 12.3 Å². The molecule has 2 heterocycles. The lowest BCUT2D eigenvalue weighted by Gasteiger charge is -2.19. The standard InChI is InChI=1S/C13H13N3/c1-2-16-13-5-11-9-3-8(6-14-7-9)10(11)4-12(13)15-1/h1-2,4-5,8-9,14H,3,6-7H2/t8-,9+/i1D,2D. The van der Waals surface area contributed by atoms with Crippen LogP contribution in [-0.4, -0.2) is 23.1 Å². The summed E-state index contributed by atoms with van der Waals surface area (Å²) in [6.45, 7) is 2.07. The molecule has 2 aliphatic rings. The summed E-state index contributed by atoms with van der Waals surface area (Å²) in [4.78, 5) is 8.33. The minimum Gasteiger partial charge on any atom is -0.316 e. The van der Waals surface area contributed by atoms with Crippen LogP contribution in [0.3, 0.4) is 0 Å². The van der Waals surface area contributed by atoms with Crippen LogP contribution >= 0.6 is 0 Å². The van der Waals surface area contributed by atoms with Crippen LogP contribution in [0, 0.1) is 0 Å². The van der Waals surface area contributed by atoms with E-state index in [1.54, 1.807) is 0 Å². The zero-order valence-electron chi connectivity index (χ0n) is 10.8. The average molecular weight is 213 g/mol. The highest BCUT2D eigenvalue weighted by atomic mass is 14.9. The molecule has 1 aromatic heterocycles. The van der Waals surface area contributed by atoms with Gasteiger partial charge in [-0.1, -0.05) is 0 Å². The molecule has 1 saturated heterocycles. The highest BCUT2D eigenvalue weighted by Crippen LogP contribution is 2.44. The number of nitrogens with one attached hydrogen (secondary N) is 1. The summed E-state index contributed by atoms with van der Waals surface area (Å²) in [6, 6.07) is 4.15. The van der Waals surface area contributed by atoms with Gasteiger partial charge in [0.05, 0.1) is 13.8 Å². The van der Waals surface area contributed by atoms with Crippen molar-refractivity contribution in [2.75, 3.05) is 13.1 Å². The molecule has 2 bridgehead atoms. The molecule has 16 heavy (non-hydrogen) atoms. The topological polar surface area (TPSA) is 37.8 Å². The van der Waals surface area contributed by atoms with E-state index in [0.29, 0.717) is 11.8 Å². The molecule has 0 radical (unpaired) electrons. The number of fused-ring (bicyclic) bond motifs is 6. The van der Waals surface area contributed by atoms with Crippen molar-refractivity contribution in [2.45, 2.75) is 18.3 Å². The fourth-order valence-corrected chi connectivity index (χ4v) is 3.08. The second-order valence-corrected chi connectivity index (χ2v) is 4.70. The molecular formula is C13H13N3. The zero-order valence-corrected chi connectivity index (χ0v) is 8.83. The van der Waals surface area contributed by atoms with Gasteiger partial charge in [0, 0.05) is 25.4 Å². The lowest BCUT2D eigenvalue weighted by molar-refractivity contribution is 0.454. The number of aromatic nitrogens is 2. The first-order valence-corrected chi connectivity index (χ1v) is 5.72. The van der Waals surface area contributed by atoms with Crippen molar-refractivity contribution in [3.63, 3.8) is 0 Å². The molecule has 2 aromatic rings. The number of rotatable bonds is 0. The Morgan fingerprint density at radius 1 is 1.06 bits per heavy atom. The summed E-state index contributed by atoms with van der Waals surface area (Å²) < 4.78 is 15.1. The molecule has 0 amide bonds. The van der Waals surface area contributed by atoms with Gasteiger partial charge in [-0.3, -0.25) is 9.97 Å². The first-order valence-electron chi connectivity index (χ1n) is 6.72. The number of nitrogens with zero attached hydrogens (tertiary/aromatic N) is 2. The van der Waals surface area contributed by atoms with E-state index in [9.17, 15) is 0 Å². The highest BCUT2D eigenvalue weighted by Gasteiger charge is 2.34. The van der Waals surface area contributed by atoms with Gasteiger partial charge in [0.2, 0.25) is 0 Å². The van der Waals surface area contributed by atoms with E-state index >= 15 is 0 Å². The molecule has 2 atom stereocenters. The highest BCUT2D eigenvalue weighted by molar-refractivity contribution is 5.77. The molecule has 4 rings (SSSR count). The molecule has 1 aromatic carbocycles. The molecule has 1 fully saturated rings. The normalized spacial score (nSPS) is 28.8. The van der Waals surface area contributed by atoms with Crippen LogP contribution in [0.2, 0.25) is 0 Å². The molecule has 0 spiro atoms. The van der Waals surface area contributed by atoms with Crippen molar-refractivity contribution in [1.29, 1.82) is 0 Å². The van der Waals surface area contributed by atoms with Gasteiger partial charge < -0.3 is 5.32 Å². The van der Waals surface area contributed by atoms with Gasteiger partial charge in [0.1, 0.15) is 0 Å². The first-order chi connectivity index (χ1) is 8.72. The van der Waals surface area contributed by atoms with Gasteiger partial charge >= 0.3 is 0 Å². The third-order valence-electron chi connectivity index (χ3n) is 3.81. The van der Waals surface area contributed by atoms with Crippen LogP contribution in [0.15, 0.2) is 24.5 Å². The SMILES string of the molecule is [2H]c1nc2cc3c(cc2nc1[2H])[C@H]1CNC[C@@H]3C1. The maximum atomic E-state index is 7.57. The Kier molecular flexibility index (Phi) is 1.31. The van der Waals surface area contributed by atoms with Gasteiger partial charge in [-0.25, -0.2) is 0 Å². The number of hydrogen-bond acceptors (Lipinski definition) is 3. The van der Waals surface area contributed by atoms with Crippen molar-refractivity contribution in [1.82, 2.24) is 15.3 Å². The molecular weight excluding hydrogens is 198 g/mol. The second-order valence-electron chi connectivity index (χ2n) is 4.70. The van der Waals surface area contributed by atoms with Crippen molar-refractivity contribution in [3.05, 3.63) is 35.6 Å². The van der Waals surface area contributed by atoms with Crippen molar-refractivity contribution in [2.24, 2.45) is 0 Å². The minimum atomic E-state index is -0.0402. The summed E-state index contributed by atoms with van der Waals surface area (Å²) in [6.07, 6.45) is 1.13. The third-order valence-corrected chi connectivity index (χ3v) is 3.81. The van der Waals surface area contributed by atoms with Crippen LogP contribution in [0.25, 0.3) is 11.0 Å². The smallest absolute Gasteiger partial charge is 0.0889 e. The first kappa shape index (κ1) is 6.97. The molecule has 0 saturated carbocycles. The van der Waals surface area contributed by atoms with Gasteiger partial charge in [-0.2, -0.15) is 0 Å². The second kappa shape index (κ2) is 3.01. The van der Waals surface area contributed by atoms with Gasteiger partial charge in [-0.15, -0.1) is 0 Å². The maximum Gasteiger partial charge on any atom is 0.0889 e. The number of hydrogen-bond donors (Lipinski definition) is 1. The number of benzene rings is 1. The fraction of sp³-hybridized carbons (Fsp3) is 0.385. The van der Waals surface area contributed by atoms with Crippen LogP contribution < -0.4 is 5.32 Å². The molecule has 80 valence electrons. The molecule has 1 aliphatic carbocycles. The van der Waals surface area contributed by atoms with Crippen molar-refractivity contribution >= 4 is 11.0 Å². The lowest BCUT2D eigenvalue weighted by Crippen LogP contribution is -2.28. The molecule has 3 nitrogen and oxygen atoms in total. The Morgan fingerprint density at radius 3 is 2.19 bits per heavy atom. The van der Waals surface area contributed by atoms with Crippen LogP contribution in [0.4, 0.5) is 0 Å². The summed E-state index contributed by atoms with van der Waals surface area (Å²) >= 11 is 0.